The second-order valence-corrected chi connectivity index (χ2v) is 9.43. The Morgan fingerprint density at radius 2 is 1.47 bits per heavy atom. The summed E-state index contributed by atoms with van der Waals surface area (Å²) < 4.78 is 1.77. The van der Waals surface area contributed by atoms with Crippen molar-refractivity contribution in [3.63, 3.8) is 0 Å². The lowest BCUT2D eigenvalue weighted by molar-refractivity contribution is -0.141. The van der Waals surface area contributed by atoms with Gasteiger partial charge in [0, 0.05) is 22.9 Å². The molecule has 1 aliphatic heterocycles. The molecule has 0 saturated carbocycles. The summed E-state index contributed by atoms with van der Waals surface area (Å²) in [6, 6.07) is 27.4. The summed E-state index contributed by atoms with van der Waals surface area (Å²) in [6.07, 6.45) is 3.61. The van der Waals surface area contributed by atoms with Gasteiger partial charge in [-0.2, -0.15) is 10.4 Å². The van der Waals surface area contributed by atoms with Crippen molar-refractivity contribution < 1.29 is 9.59 Å². The summed E-state index contributed by atoms with van der Waals surface area (Å²) in [5, 5.41) is 14.7. The summed E-state index contributed by atoms with van der Waals surface area (Å²) >= 11 is 0. The predicted octanol–water partition coefficient (Wildman–Crippen LogP) is 5.95. The van der Waals surface area contributed by atoms with Gasteiger partial charge in [-0.25, -0.2) is 4.68 Å². The maximum Gasteiger partial charge on any atom is 0.271 e. The zero-order chi connectivity index (χ0) is 26.8. The molecule has 0 N–H and O–H groups in total. The first-order chi connectivity index (χ1) is 18.4. The molecule has 1 aliphatic rings. The van der Waals surface area contributed by atoms with Gasteiger partial charge < -0.3 is 0 Å². The van der Waals surface area contributed by atoms with Crippen LogP contribution in [0.5, 0.6) is 0 Å². The molecule has 2 amide bonds. The van der Waals surface area contributed by atoms with E-state index in [0.717, 1.165) is 32.8 Å². The van der Waals surface area contributed by atoms with Crippen LogP contribution >= 0.6 is 0 Å². The minimum absolute atomic E-state index is 0.0321. The van der Waals surface area contributed by atoms with E-state index in [0.29, 0.717) is 22.4 Å². The van der Waals surface area contributed by atoms with Crippen LogP contribution in [0.2, 0.25) is 0 Å². The molecule has 38 heavy (non-hydrogen) atoms. The van der Waals surface area contributed by atoms with Crippen LogP contribution in [0.3, 0.4) is 0 Å². The maximum absolute atomic E-state index is 13.7. The van der Waals surface area contributed by atoms with Crippen molar-refractivity contribution in [1.82, 2.24) is 14.7 Å². The van der Waals surface area contributed by atoms with Gasteiger partial charge >= 0.3 is 0 Å². The van der Waals surface area contributed by atoms with Crippen molar-refractivity contribution in [2.24, 2.45) is 0 Å². The summed E-state index contributed by atoms with van der Waals surface area (Å²) in [4.78, 5) is 28.0. The summed E-state index contributed by atoms with van der Waals surface area (Å²) in [5.74, 6) is -1.01. The molecule has 5 rings (SSSR count). The number of para-hydroxylation sites is 1. The summed E-state index contributed by atoms with van der Waals surface area (Å²) in [6.45, 7) is 5.73. The van der Waals surface area contributed by atoms with Gasteiger partial charge in [0.1, 0.15) is 11.6 Å². The van der Waals surface area contributed by atoms with Crippen LogP contribution in [-0.2, 0) is 16.1 Å². The number of aryl methyl sites for hydroxylation is 2. The lowest BCUT2D eigenvalue weighted by atomic mass is 9.93. The van der Waals surface area contributed by atoms with Gasteiger partial charge in [0.15, 0.2) is 0 Å². The van der Waals surface area contributed by atoms with Gasteiger partial charge in [-0.1, -0.05) is 77.9 Å². The third-order valence-corrected chi connectivity index (χ3v) is 6.67. The topological polar surface area (TPSA) is 79.0 Å². The molecule has 186 valence electrons. The molecule has 0 spiro atoms. The van der Waals surface area contributed by atoms with E-state index in [9.17, 15) is 14.9 Å². The number of carbonyl (C=O) groups excluding carboxylic acids is 2. The molecule has 6 nitrogen and oxygen atoms in total. The Kier molecular flexibility index (Phi) is 6.59. The monoisotopic (exact) mass is 498 g/mol. The molecule has 2 heterocycles. The number of hydrogen-bond donors (Lipinski definition) is 0. The van der Waals surface area contributed by atoms with Gasteiger partial charge in [0.25, 0.3) is 11.8 Å². The van der Waals surface area contributed by atoms with Crippen molar-refractivity contribution in [2.45, 2.75) is 27.3 Å². The van der Waals surface area contributed by atoms with E-state index in [-0.39, 0.29) is 12.1 Å². The van der Waals surface area contributed by atoms with Gasteiger partial charge in [0.05, 0.1) is 17.9 Å². The molecular weight excluding hydrogens is 472 g/mol. The zero-order valence-electron chi connectivity index (χ0n) is 21.5. The van der Waals surface area contributed by atoms with Crippen LogP contribution in [-0.4, -0.2) is 26.5 Å². The van der Waals surface area contributed by atoms with Crippen LogP contribution < -0.4 is 0 Å². The number of aromatic nitrogens is 2. The zero-order valence-corrected chi connectivity index (χ0v) is 21.5. The minimum Gasteiger partial charge on any atom is -0.269 e. The average Bonchev–Trinajstić information content (AvgIpc) is 3.35. The van der Waals surface area contributed by atoms with E-state index < -0.39 is 11.8 Å². The third-order valence-electron chi connectivity index (χ3n) is 6.67. The van der Waals surface area contributed by atoms with Gasteiger partial charge in [0.2, 0.25) is 0 Å². The number of hydrogen-bond acceptors (Lipinski definition) is 4. The largest absolute Gasteiger partial charge is 0.271 e. The quantitative estimate of drug-likeness (QED) is 0.252. The highest BCUT2D eigenvalue weighted by molar-refractivity contribution is 6.19. The normalized spacial score (nSPS) is 14.8. The standard InChI is InChI=1S/C32H26N4O2/c1-21-9-13-24(14-10-21)19-35-31(37)28(23(3)29(18-33)32(35)38)17-26-20-36(27-7-5-4-6-8-27)34-30(26)25-15-11-22(2)12-16-25/h4-17,20H,19H2,1-3H3/b28-17+. The Morgan fingerprint density at radius 3 is 2.11 bits per heavy atom. The molecule has 0 atom stereocenters. The van der Waals surface area contributed by atoms with E-state index >= 15 is 0 Å². The Labute approximate surface area is 221 Å². The van der Waals surface area contributed by atoms with Crippen LogP contribution in [0.25, 0.3) is 23.0 Å². The molecule has 4 aromatic rings. The van der Waals surface area contributed by atoms with Crippen molar-refractivity contribution in [3.8, 4) is 23.0 Å². The lowest BCUT2D eigenvalue weighted by Crippen LogP contribution is -2.42. The second-order valence-electron chi connectivity index (χ2n) is 9.43. The van der Waals surface area contributed by atoms with E-state index in [1.54, 1.807) is 17.7 Å². The highest BCUT2D eigenvalue weighted by Gasteiger charge is 2.35. The third kappa shape index (κ3) is 4.70. The average molecular weight is 499 g/mol. The molecule has 0 unspecified atom stereocenters. The molecule has 0 saturated heterocycles. The first kappa shape index (κ1) is 24.7. The number of nitrogens with zero attached hydrogens (tertiary/aromatic N) is 4. The molecule has 6 heteroatoms. The van der Waals surface area contributed by atoms with Gasteiger partial charge in [-0.15, -0.1) is 0 Å². The summed E-state index contributed by atoms with van der Waals surface area (Å²) in [7, 11) is 0. The number of benzene rings is 3. The van der Waals surface area contributed by atoms with Crippen LogP contribution in [0.4, 0.5) is 0 Å². The Balaban J connectivity index is 1.64. The maximum atomic E-state index is 13.7. The van der Waals surface area contributed by atoms with Crippen LogP contribution in [0.15, 0.2) is 102 Å². The summed E-state index contributed by atoms with van der Waals surface area (Å²) in [5.41, 5.74) is 6.83. The fourth-order valence-electron chi connectivity index (χ4n) is 4.45. The Hall–Kier alpha value is -5.02. The van der Waals surface area contributed by atoms with Crippen LogP contribution in [0.1, 0.15) is 29.2 Å². The van der Waals surface area contributed by atoms with E-state index in [4.69, 9.17) is 5.10 Å². The molecule has 1 aromatic heterocycles. The fourth-order valence-corrected chi connectivity index (χ4v) is 4.45. The minimum atomic E-state index is -0.577. The smallest absolute Gasteiger partial charge is 0.269 e. The predicted molar refractivity (Wildman–Crippen MR) is 147 cm³/mol. The number of amides is 2. The molecule has 0 radical (unpaired) electrons. The van der Waals surface area contributed by atoms with Gasteiger partial charge in [-0.3, -0.25) is 14.5 Å². The first-order valence-electron chi connectivity index (χ1n) is 12.3. The Morgan fingerprint density at radius 1 is 0.842 bits per heavy atom. The molecule has 0 fully saturated rings. The van der Waals surface area contributed by atoms with Crippen molar-refractivity contribution in [3.05, 3.63) is 124 Å². The van der Waals surface area contributed by atoms with Crippen LogP contribution in [0, 0.1) is 25.2 Å². The van der Waals surface area contributed by atoms with Crippen molar-refractivity contribution in [1.29, 1.82) is 5.26 Å². The number of carbonyl (C=O) groups is 2. The fraction of sp³-hybridized carbons (Fsp3) is 0.125. The Bertz CT molecular complexity index is 1630. The number of imide groups is 1. The van der Waals surface area contributed by atoms with E-state index in [1.807, 2.05) is 105 Å². The molecular formula is C32H26N4O2. The molecule has 0 bridgehead atoms. The SMILES string of the molecule is CC1=C(C#N)C(=O)N(Cc2ccc(C)cc2)C(=O)/C1=C/c1cn(-c2ccccc2)nc1-c1ccc(C)cc1. The van der Waals surface area contributed by atoms with Gasteiger partial charge in [-0.05, 0) is 50.1 Å². The first-order valence-corrected chi connectivity index (χ1v) is 12.3. The highest BCUT2D eigenvalue weighted by atomic mass is 16.2. The molecule has 3 aromatic carbocycles. The number of nitriles is 1. The highest BCUT2D eigenvalue weighted by Crippen LogP contribution is 2.32. The van der Waals surface area contributed by atoms with E-state index in [2.05, 4.69) is 0 Å². The number of rotatable bonds is 5. The van der Waals surface area contributed by atoms with Crippen molar-refractivity contribution in [2.75, 3.05) is 0 Å². The van der Waals surface area contributed by atoms with E-state index in [1.165, 1.54) is 0 Å². The molecule has 0 aliphatic carbocycles. The lowest BCUT2D eigenvalue weighted by Gasteiger charge is -2.27. The van der Waals surface area contributed by atoms with Crippen molar-refractivity contribution >= 4 is 17.9 Å². The second kappa shape index (κ2) is 10.2.